The summed E-state index contributed by atoms with van der Waals surface area (Å²) in [7, 11) is 3.45. The lowest BCUT2D eigenvalue weighted by atomic mass is 10.0. The van der Waals surface area contributed by atoms with Crippen molar-refractivity contribution in [3.63, 3.8) is 0 Å². The molecule has 122 valence electrons. The number of carbonyl (C=O) groups is 1. The molecule has 0 bridgehead atoms. The van der Waals surface area contributed by atoms with Crippen molar-refractivity contribution in [1.29, 1.82) is 0 Å². The third-order valence-corrected chi connectivity index (χ3v) is 3.89. The fourth-order valence-electron chi connectivity index (χ4n) is 2.67. The Morgan fingerprint density at radius 2 is 2.09 bits per heavy atom. The van der Waals surface area contributed by atoms with Crippen LogP contribution >= 0.6 is 0 Å². The van der Waals surface area contributed by atoms with E-state index in [2.05, 4.69) is 5.32 Å². The normalized spacial score (nSPS) is 19.4. The number of nitrogens with one attached hydrogen (secondary N) is 1. The third-order valence-electron chi connectivity index (χ3n) is 3.89. The van der Waals surface area contributed by atoms with Gasteiger partial charge in [-0.25, -0.2) is 8.78 Å². The highest BCUT2D eigenvalue weighted by molar-refractivity contribution is 5.76. The van der Waals surface area contributed by atoms with Gasteiger partial charge in [0.05, 0.1) is 18.6 Å². The second-order valence-electron chi connectivity index (χ2n) is 5.76. The van der Waals surface area contributed by atoms with E-state index < -0.39 is 17.7 Å². The molecular weight excluding hydrogens is 290 g/mol. The van der Waals surface area contributed by atoms with Crippen LogP contribution in [0.5, 0.6) is 0 Å². The third kappa shape index (κ3) is 4.24. The van der Waals surface area contributed by atoms with E-state index in [4.69, 9.17) is 4.74 Å². The van der Waals surface area contributed by atoms with Gasteiger partial charge in [-0.2, -0.15) is 0 Å². The molecule has 0 spiro atoms. The number of hydrogen-bond acceptors (Lipinski definition) is 3. The van der Waals surface area contributed by atoms with Crippen LogP contribution in [0, 0.1) is 11.6 Å². The lowest BCUT2D eigenvalue weighted by molar-refractivity contribution is -0.123. The van der Waals surface area contributed by atoms with Crippen molar-refractivity contribution in [3.8, 4) is 0 Å². The SMILES string of the molecule is CN(C)C(CNC(=O)CC1CCCO1)c1c(F)cccc1F. The number of carbonyl (C=O) groups excluding carboxylic acids is 1. The van der Waals surface area contributed by atoms with Gasteiger partial charge in [-0.15, -0.1) is 0 Å². The molecule has 2 rings (SSSR count). The minimum atomic E-state index is -0.605. The van der Waals surface area contributed by atoms with E-state index in [9.17, 15) is 13.6 Å². The smallest absolute Gasteiger partial charge is 0.222 e. The van der Waals surface area contributed by atoms with Crippen LogP contribution in [0.15, 0.2) is 18.2 Å². The topological polar surface area (TPSA) is 41.6 Å². The first kappa shape index (κ1) is 16.8. The summed E-state index contributed by atoms with van der Waals surface area (Å²) in [4.78, 5) is 13.6. The maximum absolute atomic E-state index is 13.9. The van der Waals surface area contributed by atoms with E-state index in [0.717, 1.165) is 12.8 Å². The summed E-state index contributed by atoms with van der Waals surface area (Å²) in [6.45, 7) is 0.842. The van der Waals surface area contributed by atoms with Gasteiger partial charge < -0.3 is 15.0 Å². The van der Waals surface area contributed by atoms with Gasteiger partial charge in [0.25, 0.3) is 0 Å². The number of halogens is 2. The summed E-state index contributed by atoms with van der Waals surface area (Å²) < 4.78 is 33.2. The molecule has 4 nitrogen and oxygen atoms in total. The lowest BCUT2D eigenvalue weighted by Gasteiger charge is -2.26. The van der Waals surface area contributed by atoms with E-state index in [1.54, 1.807) is 19.0 Å². The van der Waals surface area contributed by atoms with Gasteiger partial charge in [0.15, 0.2) is 0 Å². The van der Waals surface area contributed by atoms with E-state index in [1.807, 2.05) is 0 Å². The average Bonchev–Trinajstić information content (AvgIpc) is 2.94. The number of nitrogens with zero attached hydrogens (tertiary/aromatic N) is 1. The Bertz CT molecular complexity index is 497. The molecule has 2 atom stereocenters. The number of amides is 1. The molecule has 0 aromatic heterocycles. The molecular formula is C16H22F2N2O2. The zero-order valence-corrected chi connectivity index (χ0v) is 12.9. The molecule has 0 aliphatic carbocycles. The molecule has 1 heterocycles. The minimum absolute atomic E-state index is 0.0232. The Kier molecular flexibility index (Phi) is 5.85. The number of likely N-dealkylation sites (N-methyl/N-ethyl adjacent to an activating group) is 1. The maximum atomic E-state index is 13.9. The van der Waals surface area contributed by atoms with Gasteiger partial charge in [0.2, 0.25) is 5.91 Å². The van der Waals surface area contributed by atoms with Crippen molar-refractivity contribution < 1.29 is 18.3 Å². The van der Waals surface area contributed by atoms with Crippen molar-refractivity contribution in [2.24, 2.45) is 0 Å². The Labute approximate surface area is 129 Å². The van der Waals surface area contributed by atoms with Crippen LogP contribution < -0.4 is 5.32 Å². The van der Waals surface area contributed by atoms with Crippen LogP contribution in [0.25, 0.3) is 0 Å². The van der Waals surface area contributed by atoms with E-state index in [1.165, 1.54) is 18.2 Å². The largest absolute Gasteiger partial charge is 0.378 e. The quantitative estimate of drug-likeness (QED) is 0.876. The highest BCUT2D eigenvalue weighted by Gasteiger charge is 2.24. The molecule has 1 aromatic rings. The fourth-order valence-corrected chi connectivity index (χ4v) is 2.67. The Morgan fingerprint density at radius 1 is 1.41 bits per heavy atom. The van der Waals surface area contributed by atoms with Crippen molar-refractivity contribution in [3.05, 3.63) is 35.4 Å². The predicted molar refractivity (Wildman–Crippen MR) is 79.4 cm³/mol. The first-order chi connectivity index (χ1) is 10.5. The number of hydrogen-bond donors (Lipinski definition) is 1. The Hall–Kier alpha value is -1.53. The highest BCUT2D eigenvalue weighted by atomic mass is 19.1. The van der Waals surface area contributed by atoms with Crippen molar-refractivity contribution in [2.45, 2.75) is 31.4 Å². The lowest BCUT2D eigenvalue weighted by Crippen LogP contribution is -2.36. The monoisotopic (exact) mass is 312 g/mol. The Balaban J connectivity index is 1.98. The second kappa shape index (κ2) is 7.65. The van der Waals surface area contributed by atoms with Crippen LogP contribution in [0.1, 0.15) is 30.9 Å². The zero-order valence-electron chi connectivity index (χ0n) is 12.9. The van der Waals surface area contributed by atoms with Crippen LogP contribution in [0.3, 0.4) is 0 Å². The van der Waals surface area contributed by atoms with E-state index in [-0.39, 0.29) is 24.1 Å². The van der Waals surface area contributed by atoms with E-state index >= 15 is 0 Å². The molecule has 1 fully saturated rings. The summed E-state index contributed by atoms with van der Waals surface area (Å²) in [5.41, 5.74) is -0.0232. The molecule has 1 saturated heterocycles. The van der Waals surface area contributed by atoms with Crippen LogP contribution in [-0.4, -0.2) is 44.2 Å². The van der Waals surface area contributed by atoms with Gasteiger partial charge >= 0.3 is 0 Å². The molecule has 1 N–H and O–H groups in total. The van der Waals surface area contributed by atoms with Crippen LogP contribution in [0.2, 0.25) is 0 Å². The summed E-state index contributed by atoms with van der Waals surface area (Å²) in [6.07, 6.45) is 2.11. The maximum Gasteiger partial charge on any atom is 0.222 e. The van der Waals surface area contributed by atoms with Crippen molar-refractivity contribution >= 4 is 5.91 Å². The van der Waals surface area contributed by atoms with Crippen molar-refractivity contribution in [2.75, 3.05) is 27.2 Å². The predicted octanol–water partition coefficient (Wildman–Crippen LogP) is 2.25. The summed E-state index contributed by atoms with van der Waals surface area (Å²) in [6, 6.07) is 3.22. The van der Waals surface area contributed by atoms with Crippen molar-refractivity contribution in [1.82, 2.24) is 10.2 Å². The molecule has 0 radical (unpaired) electrons. The van der Waals surface area contributed by atoms with Gasteiger partial charge in [-0.1, -0.05) is 6.07 Å². The standard InChI is InChI=1S/C16H22F2N2O2/c1-20(2)14(16-12(17)6-3-7-13(16)18)10-19-15(21)9-11-5-4-8-22-11/h3,6-7,11,14H,4-5,8-10H2,1-2H3,(H,19,21). The number of rotatable bonds is 6. The second-order valence-corrected chi connectivity index (χ2v) is 5.76. The zero-order chi connectivity index (χ0) is 16.1. The fraction of sp³-hybridized carbons (Fsp3) is 0.562. The first-order valence-electron chi connectivity index (χ1n) is 7.47. The van der Waals surface area contributed by atoms with Crippen LogP contribution in [-0.2, 0) is 9.53 Å². The van der Waals surface area contributed by atoms with Crippen LogP contribution in [0.4, 0.5) is 8.78 Å². The molecule has 0 saturated carbocycles. The average molecular weight is 312 g/mol. The highest BCUT2D eigenvalue weighted by Crippen LogP contribution is 2.24. The van der Waals surface area contributed by atoms with Gasteiger partial charge in [-0.05, 0) is 39.1 Å². The molecule has 6 heteroatoms. The molecule has 1 aliphatic rings. The van der Waals surface area contributed by atoms with E-state index in [0.29, 0.717) is 13.0 Å². The summed E-state index contributed by atoms with van der Waals surface area (Å²) >= 11 is 0. The minimum Gasteiger partial charge on any atom is -0.378 e. The molecule has 2 unspecified atom stereocenters. The summed E-state index contributed by atoms with van der Waals surface area (Å²) in [5, 5.41) is 2.75. The van der Waals surface area contributed by atoms with Gasteiger partial charge in [0, 0.05) is 18.7 Å². The first-order valence-corrected chi connectivity index (χ1v) is 7.47. The number of benzene rings is 1. The Morgan fingerprint density at radius 3 is 2.64 bits per heavy atom. The van der Waals surface area contributed by atoms with Gasteiger partial charge in [-0.3, -0.25) is 4.79 Å². The molecule has 1 aliphatic heterocycles. The molecule has 1 amide bonds. The number of ether oxygens (including phenoxy) is 1. The summed E-state index contributed by atoms with van der Waals surface area (Å²) in [5.74, 6) is -1.37. The van der Waals surface area contributed by atoms with Gasteiger partial charge in [0.1, 0.15) is 11.6 Å². The molecule has 1 aromatic carbocycles. The molecule has 22 heavy (non-hydrogen) atoms.